The number of amides is 2. The van der Waals surface area contributed by atoms with Gasteiger partial charge in [-0.2, -0.15) is 0 Å². The molecule has 0 aliphatic heterocycles. The maximum absolute atomic E-state index is 13.3. The highest BCUT2D eigenvalue weighted by atomic mass is 32.2. The highest BCUT2D eigenvalue weighted by molar-refractivity contribution is 7.92. The minimum Gasteiger partial charge on any atom is -0.357 e. The van der Waals surface area contributed by atoms with Crippen molar-refractivity contribution in [3.63, 3.8) is 0 Å². The molecule has 0 aromatic heterocycles. The maximum Gasteiger partial charge on any atom is 0.242 e. The van der Waals surface area contributed by atoms with Crippen molar-refractivity contribution in [3.8, 4) is 0 Å². The van der Waals surface area contributed by atoms with E-state index in [1.54, 1.807) is 4.90 Å². The van der Waals surface area contributed by atoms with Crippen LogP contribution in [0.4, 0.5) is 10.1 Å². The monoisotopic (exact) mass is 477 g/mol. The Kier molecular flexibility index (Phi) is 9.40. The SMILES string of the molecule is CC[C@H](C(=O)NC)N(Cc1cccc(C)c1)C(=O)CCCN(c1ccc(F)cc1)S(C)(=O)=O. The van der Waals surface area contributed by atoms with Gasteiger partial charge in [0.05, 0.1) is 11.9 Å². The molecule has 1 atom stereocenters. The van der Waals surface area contributed by atoms with E-state index in [0.29, 0.717) is 12.1 Å². The average Bonchev–Trinajstić information content (AvgIpc) is 2.76. The molecular weight excluding hydrogens is 445 g/mol. The third-order valence-corrected chi connectivity index (χ3v) is 6.53. The van der Waals surface area contributed by atoms with Crippen LogP contribution in [-0.2, 0) is 26.2 Å². The Labute approximate surface area is 195 Å². The van der Waals surface area contributed by atoms with Gasteiger partial charge in [0.25, 0.3) is 0 Å². The molecule has 0 aliphatic rings. The van der Waals surface area contributed by atoms with E-state index in [-0.39, 0.29) is 37.7 Å². The van der Waals surface area contributed by atoms with E-state index in [1.165, 1.54) is 31.3 Å². The van der Waals surface area contributed by atoms with Crippen LogP contribution in [0.5, 0.6) is 0 Å². The summed E-state index contributed by atoms with van der Waals surface area (Å²) < 4.78 is 38.9. The first-order chi connectivity index (χ1) is 15.6. The van der Waals surface area contributed by atoms with Crippen LogP contribution in [0, 0.1) is 12.7 Å². The fraction of sp³-hybridized carbons (Fsp3) is 0.417. The van der Waals surface area contributed by atoms with Crippen LogP contribution in [0.15, 0.2) is 48.5 Å². The van der Waals surface area contributed by atoms with Gasteiger partial charge in [-0.15, -0.1) is 0 Å². The molecule has 0 radical (unpaired) electrons. The molecule has 0 unspecified atom stereocenters. The molecular formula is C24H32FN3O4S. The molecule has 2 amide bonds. The van der Waals surface area contributed by atoms with Crippen LogP contribution in [0.2, 0.25) is 0 Å². The minimum atomic E-state index is -3.62. The number of aryl methyl sites for hydroxylation is 1. The number of rotatable bonds is 11. The Balaban J connectivity index is 2.18. The van der Waals surface area contributed by atoms with Gasteiger partial charge in [-0.1, -0.05) is 36.8 Å². The van der Waals surface area contributed by atoms with Crippen molar-refractivity contribution >= 4 is 27.5 Å². The van der Waals surface area contributed by atoms with Crippen LogP contribution < -0.4 is 9.62 Å². The first-order valence-corrected chi connectivity index (χ1v) is 12.7. The number of anilines is 1. The highest BCUT2D eigenvalue weighted by Crippen LogP contribution is 2.20. The molecule has 9 heteroatoms. The quantitative estimate of drug-likeness (QED) is 0.538. The molecule has 0 spiro atoms. The van der Waals surface area contributed by atoms with Crippen molar-refractivity contribution in [1.29, 1.82) is 0 Å². The molecule has 0 fully saturated rings. The van der Waals surface area contributed by atoms with E-state index in [0.717, 1.165) is 21.7 Å². The zero-order valence-corrected chi connectivity index (χ0v) is 20.4. The third-order valence-electron chi connectivity index (χ3n) is 5.33. The Morgan fingerprint density at radius 3 is 2.33 bits per heavy atom. The van der Waals surface area contributed by atoms with Crippen molar-refractivity contribution < 1.29 is 22.4 Å². The number of carbonyl (C=O) groups excluding carboxylic acids is 2. The summed E-state index contributed by atoms with van der Waals surface area (Å²) in [6.45, 7) is 4.14. The Hall–Kier alpha value is -2.94. The topological polar surface area (TPSA) is 86.8 Å². The van der Waals surface area contributed by atoms with Gasteiger partial charge in [-0.25, -0.2) is 12.8 Å². The van der Waals surface area contributed by atoms with Crippen molar-refractivity contribution in [1.82, 2.24) is 10.2 Å². The Bertz CT molecular complexity index is 1060. The van der Waals surface area contributed by atoms with Gasteiger partial charge < -0.3 is 10.2 Å². The number of benzene rings is 2. The number of sulfonamides is 1. The molecule has 0 aliphatic carbocycles. The largest absolute Gasteiger partial charge is 0.357 e. The van der Waals surface area contributed by atoms with Crippen molar-refractivity contribution in [3.05, 3.63) is 65.5 Å². The summed E-state index contributed by atoms with van der Waals surface area (Å²) in [5.41, 5.74) is 2.30. The van der Waals surface area contributed by atoms with Gasteiger partial charge in [0, 0.05) is 26.6 Å². The van der Waals surface area contributed by atoms with Crippen molar-refractivity contribution in [2.24, 2.45) is 0 Å². The molecule has 7 nitrogen and oxygen atoms in total. The van der Waals surface area contributed by atoms with E-state index in [1.807, 2.05) is 38.1 Å². The Morgan fingerprint density at radius 2 is 1.79 bits per heavy atom. The summed E-state index contributed by atoms with van der Waals surface area (Å²) in [4.78, 5) is 27.2. The van der Waals surface area contributed by atoms with Crippen LogP contribution in [0.25, 0.3) is 0 Å². The average molecular weight is 478 g/mol. The normalized spacial score (nSPS) is 12.2. The summed E-state index contributed by atoms with van der Waals surface area (Å²) in [6.07, 6.45) is 1.83. The second-order valence-electron chi connectivity index (χ2n) is 7.96. The van der Waals surface area contributed by atoms with Crippen LogP contribution in [0.1, 0.15) is 37.3 Å². The van der Waals surface area contributed by atoms with Gasteiger partial charge in [0.1, 0.15) is 11.9 Å². The smallest absolute Gasteiger partial charge is 0.242 e. The summed E-state index contributed by atoms with van der Waals surface area (Å²) in [5.74, 6) is -0.948. The first kappa shape index (κ1) is 26.3. The van der Waals surface area contributed by atoms with Gasteiger partial charge in [-0.3, -0.25) is 13.9 Å². The molecule has 180 valence electrons. The molecule has 0 saturated heterocycles. The van der Waals surface area contributed by atoms with E-state index in [4.69, 9.17) is 0 Å². The molecule has 2 aromatic rings. The van der Waals surface area contributed by atoms with Gasteiger partial charge in [-0.05, 0) is 49.6 Å². The zero-order valence-electron chi connectivity index (χ0n) is 19.5. The van der Waals surface area contributed by atoms with E-state index < -0.39 is 21.9 Å². The van der Waals surface area contributed by atoms with Gasteiger partial charge >= 0.3 is 0 Å². The van der Waals surface area contributed by atoms with Crippen molar-refractivity contribution in [2.45, 2.75) is 45.7 Å². The lowest BCUT2D eigenvalue weighted by molar-refractivity contribution is -0.141. The third kappa shape index (κ3) is 7.56. The maximum atomic E-state index is 13.3. The Morgan fingerprint density at radius 1 is 1.12 bits per heavy atom. The number of likely N-dealkylation sites (N-methyl/N-ethyl adjacent to an activating group) is 1. The number of carbonyl (C=O) groups is 2. The predicted octanol–water partition coefficient (Wildman–Crippen LogP) is 3.23. The van der Waals surface area contributed by atoms with Crippen LogP contribution >= 0.6 is 0 Å². The van der Waals surface area contributed by atoms with E-state index >= 15 is 0 Å². The predicted molar refractivity (Wildman–Crippen MR) is 128 cm³/mol. The van der Waals surface area contributed by atoms with Gasteiger partial charge in [0.2, 0.25) is 21.8 Å². The standard InChI is InChI=1S/C24H32FN3O4S/c1-5-22(24(30)26-3)27(17-19-9-6-8-18(2)16-19)23(29)10-7-15-28(33(4,31)32)21-13-11-20(25)12-14-21/h6,8-9,11-14,16,22H,5,7,10,15,17H2,1-4H3,(H,26,30)/t22-/m1/s1. The van der Waals surface area contributed by atoms with Crippen LogP contribution in [-0.4, -0.2) is 51.0 Å². The second kappa shape index (κ2) is 11.8. The summed E-state index contributed by atoms with van der Waals surface area (Å²) in [5, 5.41) is 2.62. The minimum absolute atomic E-state index is 0.0608. The molecule has 33 heavy (non-hydrogen) atoms. The van der Waals surface area contributed by atoms with E-state index in [2.05, 4.69) is 5.32 Å². The summed E-state index contributed by atoms with van der Waals surface area (Å²) >= 11 is 0. The number of hydrogen-bond donors (Lipinski definition) is 1. The molecule has 2 rings (SSSR count). The molecule has 0 heterocycles. The molecule has 0 saturated carbocycles. The lowest BCUT2D eigenvalue weighted by atomic mass is 10.1. The number of halogens is 1. The lowest BCUT2D eigenvalue weighted by Gasteiger charge is -2.31. The van der Waals surface area contributed by atoms with E-state index in [9.17, 15) is 22.4 Å². The molecule has 2 aromatic carbocycles. The fourth-order valence-corrected chi connectivity index (χ4v) is 4.67. The number of nitrogens with zero attached hydrogens (tertiary/aromatic N) is 2. The zero-order chi connectivity index (χ0) is 24.6. The van der Waals surface area contributed by atoms with Crippen molar-refractivity contribution in [2.75, 3.05) is 24.2 Å². The summed E-state index contributed by atoms with van der Waals surface area (Å²) in [6, 6.07) is 12.3. The van der Waals surface area contributed by atoms with Gasteiger partial charge in [0.15, 0.2) is 0 Å². The lowest BCUT2D eigenvalue weighted by Crippen LogP contribution is -2.48. The number of nitrogens with one attached hydrogen (secondary N) is 1. The molecule has 0 bridgehead atoms. The molecule has 1 N–H and O–H groups in total. The fourth-order valence-electron chi connectivity index (χ4n) is 3.70. The highest BCUT2D eigenvalue weighted by Gasteiger charge is 2.28. The number of hydrogen-bond acceptors (Lipinski definition) is 4. The summed E-state index contributed by atoms with van der Waals surface area (Å²) in [7, 11) is -2.08. The second-order valence-corrected chi connectivity index (χ2v) is 9.87. The van der Waals surface area contributed by atoms with Crippen LogP contribution in [0.3, 0.4) is 0 Å². The first-order valence-electron chi connectivity index (χ1n) is 10.9.